The molecule has 1 saturated heterocycles. The summed E-state index contributed by atoms with van der Waals surface area (Å²) in [6.45, 7) is 9.71. The van der Waals surface area contributed by atoms with E-state index in [0.29, 0.717) is 65.9 Å². The fourth-order valence-electron chi connectivity index (χ4n) is 8.69. The zero-order chi connectivity index (χ0) is 38.5. The van der Waals surface area contributed by atoms with Gasteiger partial charge >= 0.3 is 0 Å². The van der Waals surface area contributed by atoms with Crippen LogP contribution in [0.5, 0.6) is 17.2 Å². The molecule has 9 rings (SSSR count). The van der Waals surface area contributed by atoms with E-state index in [1.54, 1.807) is 35.4 Å². The van der Waals surface area contributed by atoms with Gasteiger partial charge in [0.25, 0.3) is 11.8 Å². The first-order valence-electron chi connectivity index (χ1n) is 19.4. The maximum atomic E-state index is 15.2. The predicted molar refractivity (Wildman–Crippen MR) is 213 cm³/mol. The van der Waals surface area contributed by atoms with Crippen molar-refractivity contribution in [3.63, 3.8) is 0 Å². The second-order valence-corrected chi connectivity index (χ2v) is 15.0. The number of carbonyl (C=O) groups excluding carboxylic acids is 2. The van der Waals surface area contributed by atoms with Crippen LogP contribution in [0.2, 0.25) is 0 Å². The zero-order valence-electron chi connectivity index (χ0n) is 32.0. The number of pyridine rings is 1. The van der Waals surface area contributed by atoms with Crippen LogP contribution in [0.15, 0.2) is 79.0 Å². The highest BCUT2D eigenvalue weighted by molar-refractivity contribution is 6.12. The molecule has 2 aromatic heterocycles. The average molecular weight is 755 g/mol. The number of likely N-dealkylation sites (N-methyl/N-ethyl adjacent to an activating group) is 1. The molecule has 5 aromatic rings. The largest absolute Gasteiger partial charge is 0.508 e. The number of aromatic nitrogens is 2. The number of ether oxygens (including phenoxy) is 3. The van der Waals surface area contributed by atoms with Gasteiger partial charge in [-0.1, -0.05) is 24.3 Å². The molecular weight excluding hydrogens is 709 g/mol. The molecule has 12 nitrogen and oxygen atoms in total. The van der Waals surface area contributed by atoms with E-state index in [9.17, 15) is 5.11 Å². The Bertz CT molecular complexity index is 2320. The number of carbonyl (C=O) groups is 2. The summed E-state index contributed by atoms with van der Waals surface area (Å²) in [6.07, 6.45) is 3.32. The van der Waals surface area contributed by atoms with Crippen LogP contribution < -0.4 is 19.3 Å². The topological polar surface area (TPSA) is 113 Å². The Hall–Kier alpha value is -5.85. The summed E-state index contributed by atoms with van der Waals surface area (Å²) in [7, 11) is 2.02. The van der Waals surface area contributed by atoms with Crippen LogP contribution in [0.4, 0.5) is 17.2 Å². The minimum atomic E-state index is -0.249. The van der Waals surface area contributed by atoms with E-state index in [4.69, 9.17) is 19.2 Å². The molecule has 1 N–H and O–H groups in total. The lowest BCUT2D eigenvalue weighted by Crippen LogP contribution is -2.52. The van der Waals surface area contributed by atoms with Crippen molar-refractivity contribution in [2.75, 3.05) is 63.0 Å². The standard InChI is InChI=1S/C44H46N6O6/c1-4-48-28(2)36(44(53)50(32-9-11-35(51)12-10-32)33-20-30-13-14-46(3)42(30)45-24-33)21-39(48)37-22-40-41(56-27-55-40)23-38(37)43(52)49-25-31-8-6-5-7-29(31)19-34(49)26-47-15-17-54-18-16-47/h5-12,20-24,34,51H,4,13-19,25-27H2,1-3H3/t34-/m0/s1. The van der Waals surface area contributed by atoms with Gasteiger partial charge in [-0.2, -0.15) is 0 Å². The number of hydrogen-bond donors (Lipinski definition) is 1. The molecule has 2 amide bonds. The third-order valence-corrected chi connectivity index (χ3v) is 11.7. The molecule has 1 atom stereocenters. The predicted octanol–water partition coefficient (Wildman–Crippen LogP) is 6.18. The highest BCUT2D eigenvalue weighted by Crippen LogP contribution is 2.42. The Morgan fingerprint density at radius 1 is 0.893 bits per heavy atom. The number of benzene rings is 3. The van der Waals surface area contributed by atoms with Gasteiger partial charge in [0.2, 0.25) is 6.79 Å². The molecule has 6 heterocycles. The van der Waals surface area contributed by atoms with Crippen molar-refractivity contribution in [2.45, 2.75) is 45.8 Å². The van der Waals surface area contributed by atoms with Gasteiger partial charge in [0.1, 0.15) is 11.6 Å². The van der Waals surface area contributed by atoms with Gasteiger partial charge in [0.05, 0.1) is 36.2 Å². The van der Waals surface area contributed by atoms with Crippen LogP contribution in [0.25, 0.3) is 11.3 Å². The van der Waals surface area contributed by atoms with Crippen molar-refractivity contribution in [1.82, 2.24) is 19.4 Å². The minimum Gasteiger partial charge on any atom is -0.508 e. The third-order valence-electron chi connectivity index (χ3n) is 11.7. The lowest BCUT2D eigenvalue weighted by molar-refractivity contribution is 0.0193. The Labute approximate surface area is 326 Å². The summed E-state index contributed by atoms with van der Waals surface area (Å²) in [5.74, 6) is 1.75. The van der Waals surface area contributed by atoms with E-state index in [-0.39, 0.29) is 30.4 Å². The van der Waals surface area contributed by atoms with Crippen LogP contribution in [-0.2, 0) is 30.7 Å². The Balaban J connectivity index is 1.14. The van der Waals surface area contributed by atoms with E-state index in [1.165, 1.54) is 5.56 Å². The van der Waals surface area contributed by atoms with Crippen LogP contribution >= 0.6 is 0 Å². The molecule has 0 saturated carbocycles. The number of hydrogen-bond acceptors (Lipinski definition) is 9. The van der Waals surface area contributed by atoms with E-state index in [1.807, 2.05) is 56.1 Å². The first kappa shape index (κ1) is 35.8. The molecule has 288 valence electrons. The number of morpholine rings is 1. The molecule has 0 radical (unpaired) electrons. The number of anilines is 3. The van der Waals surface area contributed by atoms with E-state index in [0.717, 1.165) is 67.4 Å². The maximum absolute atomic E-state index is 15.2. The summed E-state index contributed by atoms with van der Waals surface area (Å²) >= 11 is 0. The van der Waals surface area contributed by atoms with Crippen molar-refractivity contribution in [3.05, 3.63) is 113 Å². The molecule has 0 unspecified atom stereocenters. The molecule has 0 bridgehead atoms. The fraction of sp³-hybridized carbons (Fsp3) is 0.341. The van der Waals surface area contributed by atoms with Gasteiger partial charge in [0.15, 0.2) is 11.5 Å². The van der Waals surface area contributed by atoms with Crippen molar-refractivity contribution in [2.24, 2.45) is 0 Å². The van der Waals surface area contributed by atoms with Crippen LogP contribution in [0.1, 0.15) is 50.0 Å². The van der Waals surface area contributed by atoms with E-state index < -0.39 is 0 Å². The first-order valence-corrected chi connectivity index (χ1v) is 19.4. The van der Waals surface area contributed by atoms with Crippen LogP contribution in [-0.4, -0.2) is 95.5 Å². The monoisotopic (exact) mass is 754 g/mol. The Morgan fingerprint density at radius 3 is 2.41 bits per heavy atom. The van der Waals surface area contributed by atoms with Crippen molar-refractivity contribution in [3.8, 4) is 28.5 Å². The number of amides is 2. The SMILES string of the molecule is CCn1c(-c2cc3c(cc2C(=O)N2Cc4ccccc4C[C@H]2CN2CCOCC2)OCO3)cc(C(=O)N(c2ccc(O)cc2)c2cnc3c(c2)CCN3C)c1C. The number of nitrogens with zero attached hydrogens (tertiary/aromatic N) is 6. The first-order chi connectivity index (χ1) is 27.3. The van der Waals surface area contributed by atoms with Crippen molar-refractivity contribution < 1.29 is 28.9 Å². The third kappa shape index (κ3) is 6.42. The zero-order valence-corrected chi connectivity index (χ0v) is 32.0. The molecule has 3 aromatic carbocycles. The van der Waals surface area contributed by atoms with Gasteiger partial charge in [-0.05, 0) is 91.9 Å². The summed E-state index contributed by atoms with van der Waals surface area (Å²) in [5, 5.41) is 10.2. The van der Waals surface area contributed by atoms with Crippen molar-refractivity contribution in [1.29, 1.82) is 0 Å². The van der Waals surface area contributed by atoms with Crippen LogP contribution in [0, 0.1) is 6.92 Å². The fourth-order valence-corrected chi connectivity index (χ4v) is 8.69. The number of fused-ring (bicyclic) bond motifs is 3. The molecule has 4 aliphatic heterocycles. The lowest BCUT2D eigenvalue weighted by Gasteiger charge is -2.40. The molecule has 4 aliphatic rings. The smallest absolute Gasteiger partial charge is 0.264 e. The molecular formula is C44H46N6O6. The Kier molecular flexibility index (Phi) is 9.38. The number of phenols is 1. The highest BCUT2D eigenvalue weighted by Gasteiger charge is 2.36. The normalized spacial score (nSPS) is 17.5. The summed E-state index contributed by atoms with van der Waals surface area (Å²) in [4.78, 5) is 43.1. The number of rotatable bonds is 8. The van der Waals surface area contributed by atoms with Gasteiger partial charge in [-0.25, -0.2) is 4.98 Å². The van der Waals surface area contributed by atoms with Crippen LogP contribution in [0.3, 0.4) is 0 Å². The van der Waals surface area contributed by atoms with E-state index >= 15 is 9.59 Å². The Morgan fingerprint density at radius 2 is 1.64 bits per heavy atom. The lowest BCUT2D eigenvalue weighted by atomic mass is 9.92. The molecule has 12 heteroatoms. The van der Waals surface area contributed by atoms with Gasteiger partial charge in [-0.15, -0.1) is 0 Å². The number of aromatic hydroxyl groups is 1. The molecule has 0 aliphatic carbocycles. The summed E-state index contributed by atoms with van der Waals surface area (Å²) in [6, 6.07) is 22.6. The maximum Gasteiger partial charge on any atom is 0.264 e. The van der Waals surface area contributed by atoms with Gasteiger partial charge in [0, 0.05) is 75.0 Å². The average Bonchev–Trinajstić information content (AvgIpc) is 3.94. The highest BCUT2D eigenvalue weighted by atomic mass is 16.7. The molecule has 56 heavy (non-hydrogen) atoms. The second-order valence-electron chi connectivity index (χ2n) is 15.0. The minimum absolute atomic E-state index is 0.0507. The molecule has 1 fully saturated rings. The quantitative estimate of drug-likeness (QED) is 0.199. The van der Waals surface area contributed by atoms with Gasteiger partial charge in [-0.3, -0.25) is 19.4 Å². The van der Waals surface area contributed by atoms with Gasteiger partial charge < -0.3 is 33.7 Å². The number of phenolic OH excluding ortho intramolecular Hbond substituents is 1. The summed E-state index contributed by atoms with van der Waals surface area (Å²) < 4.78 is 19.5. The summed E-state index contributed by atoms with van der Waals surface area (Å²) in [5.41, 5.74) is 7.86. The van der Waals surface area contributed by atoms with Crippen molar-refractivity contribution >= 4 is 29.0 Å². The second kappa shape index (κ2) is 14.7. The molecule has 0 spiro atoms. The van der Waals surface area contributed by atoms with E-state index in [2.05, 4.69) is 32.6 Å².